The van der Waals surface area contributed by atoms with Gasteiger partial charge < -0.3 is 18.9 Å². The molecule has 0 saturated carbocycles. The Labute approximate surface area is 117 Å². The molecule has 1 rings (SSSR count). The first-order chi connectivity index (χ1) is 9.55. The van der Waals surface area contributed by atoms with Gasteiger partial charge in [0, 0.05) is 25.0 Å². The molecule has 0 saturated heterocycles. The van der Waals surface area contributed by atoms with Gasteiger partial charge in [0.2, 0.25) is 0 Å². The van der Waals surface area contributed by atoms with E-state index in [2.05, 4.69) is 0 Å². The van der Waals surface area contributed by atoms with Crippen molar-refractivity contribution in [1.29, 1.82) is 0 Å². The molecule has 0 aliphatic heterocycles. The second kappa shape index (κ2) is 7.37. The molecule has 110 valence electrons. The number of esters is 2. The maximum absolute atomic E-state index is 11.4. The third-order valence-corrected chi connectivity index (χ3v) is 2.47. The first-order valence-electron chi connectivity index (χ1n) is 6.23. The van der Waals surface area contributed by atoms with E-state index in [1.165, 1.54) is 26.4 Å². The first-order valence-corrected chi connectivity index (χ1v) is 6.23. The lowest BCUT2D eigenvalue weighted by atomic mass is 10.2. The number of carbonyl (C=O) groups is 2. The van der Waals surface area contributed by atoms with Gasteiger partial charge in [-0.25, -0.2) is 0 Å². The van der Waals surface area contributed by atoms with Crippen LogP contribution >= 0.6 is 0 Å². The van der Waals surface area contributed by atoms with Crippen molar-refractivity contribution in [1.82, 2.24) is 0 Å². The second-order valence-electron chi connectivity index (χ2n) is 3.81. The fourth-order valence-electron chi connectivity index (χ4n) is 1.39. The van der Waals surface area contributed by atoms with Gasteiger partial charge in [0.25, 0.3) is 0 Å². The molecule has 6 nitrogen and oxygen atoms in total. The largest absolute Gasteiger partial charge is 0.493 e. The Hall–Kier alpha value is -2.24. The van der Waals surface area contributed by atoms with Gasteiger partial charge in [-0.1, -0.05) is 13.8 Å². The Bertz CT molecular complexity index is 449. The van der Waals surface area contributed by atoms with Gasteiger partial charge in [-0.15, -0.1) is 0 Å². The van der Waals surface area contributed by atoms with Crippen molar-refractivity contribution >= 4 is 11.9 Å². The molecule has 0 aromatic heterocycles. The summed E-state index contributed by atoms with van der Waals surface area (Å²) in [4.78, 5) is 22.7. The SMILES string of the molecule is CCC(=O)Oc1cc(OC)c(OC(=O)CC)cc1OC. The standard InChI is InChI=1S/C14H18O6/c1-5-13(15)19-11-7-10(18-4)12(8-9(11)17-3)20-14(16)6-2/h7-8H,5-6H2,1-4H3. The maximum atomic E-state index is 11.4. The summed E-state index contributed by atoms with van der Waals surface area (Å²) in [7, 11) is 2.85. The van der Waals surface area contributed by atoms with Crippen molar-refractivity contribution in [3.8, 4) is 23.0 Å². The van der Waals surface area contributed by atoms with E-state index >= 15 is 0 Å². The van der Waals surface area contributed by atoms with Crippen LogP contribution in [0, 0.1) is 0 Å². The fourth-order valence-corrected chi connectivity index (χ4v) is 1.39. The van der Waals surface area contributed by atoms with Crippen LogP contribution in [0.15, 0.2) is 12.1 Å². The maximum Gasteiger partial charge on any atom is 0.311 e. The van der Waals surface area contributed by atoms with E-state index in [9.17, 15) is 9.59 Å². The molecule has 0 bridgehead atoms. The van der Waals surface area contributed by atoms with Crippen LogP contribution in [-0.4, -0.2) is 26.2 Å². The lowest BCUT2D eigenvalue weighted by molar-refractivity contribution is -0.135. The minimum atomic E-state index is -0.399. The van der Waals surface area contributed by atoms with E-state index in [-0.39, 0.29) is 35.8 Å². The van der Waals surface area contributed by atoms with Crippen LogP contribution in [-0.2, 0) is 9.59 Å². The topological polar surface area (TPSA) is 71.1 Å². The lowest BCUT2D eigenvalue weighted by Gasteiger charge is -2.14. The smallest absolute Gasteiger partial charge is 0.311 e. The number of benzene rings is 1. The Morgan fingerprint density at radius 2 is 1.15 bits per heavy atom. The molecule has 0 unspecified atom stereocenters. The van der Waals surface area contributed by atoms with Gasteiger partial charge in [0.05, 0.1) is 14.2 Å². The zero-order valence-electron chi connectivity index (χ0n) is 12.0. The summed E-state index contributed by atoms with van der Waals surface area (Å²) in [5.74, 6) is 0.199. The van der Waals surface area contributed by atoms with Gasteiger partial charge in [-0.2, -0.15) is 0 Å². The minimum Gasteiger partial charge on any atom is -0.493 e. The molecule has 0 N–H and O–H groups in total. The Morgan fingerprint density at radius 3 is 1.40 bits per heavy atom. The molecular formula is C14H18O6. The molecule has 0 radical (unpaired) electrons. The van der Waals surface area contributed by atoms with Crippen molar-refractivity contribution in [3.63, 3.8) is 0 Å². The molecule has 0 fully saturated rings. The van der Waals surface area contributed by atoms with E-state index < -0.39 is 11.9 Å². The van der Waals surface area contributed by atoms with Crippen LogP contribution in [0.4, 0.5) is 0 Å². The number of methoxy groups -OCH3 is 2. The number of rotatable bonds is 6. The summed E-state index contributed by atoms with van der Waals surface area (Å²) in [6, 6.07) is 2.90. The van der Waals surface area contributed by atoms with Gasteiger partial charge in [-0.05, 0) is 0 Å². The van der Waals surface area contributed by atoms with Crippen LogP contribution < -0.4 is 18.9 Å². The molecule has 0 heterocycles. The molecule has 1 aromatic carbocycles. The Morgan fingerprint density at radius 1 is 0.800 bits per heavy atom. The molecule has 1 aromatic rings. The van der Waals surface area contributed by atoms with E-state index in [0.29, 0.717) is 0 Å². The number of carbonyl (C=O) groups excluding carboxylic acids is 2. The summed E-state index contributed by atoms with van der Waals surface area (Å²) in [5, 5.41) is 0. The lowest BCUT2D eigenvalue weighted by Crippen LogP contribution is -2.09. The highest BCUT2D eigenvalue weighted by Gasteiger charge is 2.17. The van der Waals surface area contributed by atoms with E-state index in [1.807, 2.05) is 0 Å². The zero-order chi connectivity index (χ0) is 15.1. The monoisotopic (exact) mass is 282 g/mol. The quantitative estimate of drug-likeness (QED) is 0.589. The predicted octanol–water partition coefficient (Wildman–Crippen LogP) is 2.33. The van der Waals surface area contributed by atoms with Crippen molar-refractivity contribution in [2.45, 2.75) is 26.7 Å². The van der Waals surface area contributed by atoms with Crippen LogP contribution in [0.25, 0.3) is 0 Å². The van der Waals surface area contributed by atoms with Crippen molar-refractivity contribution < 1.29 is 28.5 Å². The number of ether oxygens (including phenoxy) is 4. The summed E-state index contributed by atoms with van der Waals surface area (Å²) in [5.41, 5.74) is 0. The fraction of sp³-hybridized carbons (Fsp3) is 0.429. The van der Waals surface area contributed by atoms with Crippen LogP contribution in [0.5, 0.6) is 23.0 Å². The number of hydrogen-bond donors (Lipinski definition) is 0. The van der Waals surface area contributed by atoms with Crippen molar-refractivity contribution in [3.05, 3.63) is 12.1 Å². The average molecular weight is 282 g/mol. The molecular weight excluding hydrogens is 264 g/mol. The zero-order valence-corrected chi connectivity index (χ0v) is 12.0. The van der Waals surface area contributed by atoms with Crippen LogP contribution in [0.3, 0.4) is 0 Å². The summed E-state index contributed by atoms with van der Waals surface area (Å²) >= 11 is 0. The van der Waals surface area contributed by atoms with Crippen LogP contribution in [0.2, 0.25) is 0 Å². The third kappa shape index (κ3) is 3.88. The van der Waals surface area contributed by atoms with E-state index in [1.54, 1.807) is 13.8 Å². The predicted molar refractivity (Wildman–Crippen MR) is 71.4 cm³/mol. The Balaban J connectivity index is 3.15. The van der Waals surface area contributed by atoms with E-state index in [4.69, 9.17) is 18.9 Å². The van der Waals surface area contributed by atoms with Crippen LogP contribution in [0.1, 0.15) is 26.7 Å². The molecule has 0 amide bonds. The highest BCUT2D eigenvalue weighted by atomic mass is 16.6. The highest BCUT2D eigenvalue weighted by molar-refractivity contribution is 5.75. The molecule has 6 heteroatoms. The summed E-state index contributed by atoms with van der Waals surface area (Å²) in [6.07, 6.45) is 0.468. The van der Waals surface area contributed by atoms with Gasteiger partial charge in [0.15, 0.2) is 23.0 Å². The second-order valence-corrected chi connectivity index (χ2v) is 3.81. The first kappa shape index (κ1) is 15.8. The third-order valence-electron chi connectivity index (χ3n) is 2.47. The van der Waals surface area contributed by atoms with Crippen molar-refractivity contribution in [2.24, 2.45) is 0 Å². The van der Waals surface area contributed by atoms with E-state index in [0.717, 1.165) is 0 Å². The normalized spacial score (nSPS) is 9.80. The Kier molecular flexibility index (Phi) is 5.83. The molecule has 0 aliphatic carbocycles. The molecule has 0 atom stereocenters. The minimum absolute atomic E-state index is 0.215. The number of hydrogen-bond acceptors (Lipinski definition) is 6. The highest BCUT2D eigenvalue weighted by Crippen LogP contribution is 2.39. The summed E-state index contributed by atoms with van der Waals surface area (Å²) in [6.45, 7) is 3.37. The van der Waals surface area contributed by atoms with Crippen molar-refractivity contribution in [2.75, 3.05) is 14.2 Å². The molecule has 0 aliphatic rings. The van der Waals surface area contributed by atoms with Gasteiger partial charge in [0.1, 0.15) is 0 Å². The molecule has 0 spiro atoms. The van der Waals surface area contributed by atoms with Gasteiger partial charge >= 0.3 is 11.9 Å². The summed E-state index contributed by atoms with van der Waals surface area (Å²) < 4.78 is 20.5. The average Bonchev–Trinajstić information content (AvgIpc) is 2.47. The molecule has 20 heavy (non-hydrogen) atoms. The van der Waals surface area contributed by atoms with Gasteiger partial charge in [-0.3, -0.25) is 9.59 Å².